The van der Waals surface area contributed by atoms with Crippen LogP contribution < -0.4 is 0 Å². The van der Waals surface area contributed by atoms with Gasteiger partial charge in [-0.3, -0.25) is 0 Å². The van der Waals surface area contributed by atoms with Gasteiger partial charge in [0.25, 0.3) is 0 Å². The van der Waals surface area contributed by atoms with Crippen molar-refractivity contribution in [1.29, 1.82) is 0 Å². The average Bonchev–Trinajstić information content (AvgIpc) is 2.84. The summed E-state index contributed by atoms with van der Waals surface area (Å²) in [6.07, 6.45) is 9.99. The number of rotatable bonds is 19. The van der Waals surface area contributed by atoms with Crippen molar-refractivity contribution in [3.63, 3.8) is 0 Å². The second kappa shape index (κ2) is 19.0. The average molecular weight is 488 g/mol. The lowest BCUT2D eigenvalue weighted by Gasteiger charge is -2.39. The molecule has 1 rings (SSSR count). The van der Waals surface area contributed by atoms with Crippen LogP contribution >= 0.6 is 0 Å². The Morgan fingerprint density at radius 3 is 2.09 bits per heavy atom. The number of ether oxygens (including phenoxy) is 2. The van der Waals surface area contributed by atoms with E-state index in [-0.39, 0.29) is 6.61 Å². The van der Waals surface area contributed by atoms with E-state index in [0.29, 0.717) is 0 Å². The number of hydrogen-bond acceptors (Lipinski definition) is 8. The fraction of sp³-hybridized carbons (Fsp3) is 0.917. The summed E-state index contributed by atoms with van der Waals surface area (Å²) >= 11 is 0. The molecule has 0 aromatic heterocycles. The van der Waals surface area contributed by atoms with Gasteiger partial charge in [-0.05, 0) is 18.4 Å². The minimum atomic E-state index is -1.57. The molecule has 10 heteroatoms. The van der Waals surface area contributed by atoms with Gasteiger partial charge in [-0.25, -0.2) is 0 Å². The molecule has 7 atom stereocenters. The molecule has 0 spiro atoms. The fourth-order valence-electron chi connectivity index (χ4n) is 3.96. The Hall–Kier alpha value is -1.23. The van der Waals surface area contributed by atoms with Crippen LogP contribution in [-0.4, -0.2) is 81.6 Å². The summed E-state index contributed by atoms with van der Waals surface area (Å²) in [4.78, 5) is 2.73. The highest BCUT2D eigenvalue weighted by Crippen LogP contribution is 2.22. The third-order valence-corrected chi connectivity index (χ3v) is 6.18. The first-order chi connectivity index (χ1) is 16.5. The van der Waals surface area contributed by atoms with Crippen molar-refractivity contribution in [3.8, 4) is 0 Å². The molecule has 0 amide bonds. The Kier molecular flexibility index (Phi) is 17.2. The van der Waals surface area contributed by atoms with E-state index in [2.05, 4.69) is 16.9 Å². The van der Waals surface area contributed by atoms with Crippen LogP contribution in [0.1, 0.15) is 84.0 Å². The fourth-order valence-corrected chi connectivity index (χ4v) is 3.96. The molecule has 1 aliphatic heterocycles. The summed E-state index contributed by atoms with van der Waals surface area (Å²) in [5, 5.41) is 52.8. The van der Waals surface area contributed by atoms with Gasteiger partial charge >= 0.3 is 0 Å². The Morgan fingerprint density at radius 2 is 1.53 bits per heavy atom. The van der Waals surface area contributed by atoms with Crippen LogP contribution in [-0.2, 0) is 9.47 Å². The highest BCUT2D eigenvalue weighted by molar-refractivity contribution is 4.96. The number of azide groups is 1. The van der Waals surface area contributed by atoms with E-state index < -0.39 is 49.5 Å². The Labute approximate surface area is 203 Å². The molecule has 1 heterocycles. The highest BCUT2D eigenvalue weighted by atomic mass is 16.7. The normalized spacial score (nSPS) is 26.9. The molecule has 0 unspecified atom stereocenters. The third-order valence-electron chi connectivity index (χ3n) is 6.18. The van der Waals surface area contributed by atoms with Crippen molar-refractivity contribution in [1.82, 2.24) is 0 Å². The molecule has 1 saturated heterocycles. The van der Waals surface area contributed by atoms with Crippen LogP contribution in [0.3, 0.4) is 0 Å². The minimum Gasteiger partial charge on any atom is -0.394 e. The second-order valence-electron chi connectivity index (χ2n) is 9.05. The highest BCUT2D eigenvalue weighted by Gasteiger charge is 2.44. The lowest BCUT2D eigenvalue weighted by atomic mass is 9.99. The van der Waals surface area contributed by atoms with Gasteiger partial charge in [-0.1, -0.05) is 88.4 Å². The molecule has 10 nitrogen and oxygen atoms in total. The molecule has 5 N–H and O–H groups in total. The number of aliphatic hydroxyl groups is 5. The summed E-state index contributed by atoms with van der Waals surface area (Å²) in [5.41, 5.74) is 8.80. The number of aliphatic hydroxyl groups excluding tert-OH is 5. The monoisotopic (exact) mass is 487 g/mol. The maximum absolute atomic E-state index is 10.3. The van der Waals surface area contributed by atoms with Crippen LogP contribution in [0.25, 0.3) is 10.4 Å². The third kappa shape index (κ3) is 12.0. The number of nitrogens with zero attached hydrogens (tertiary/aromatic N) is 3. The van der Waals surface area contributed by atoms with Crippen LogP contribution in [0.5, 0.6) is 0 Å². The van der Waals surface area contributed by atoms with Crippen molar-refractivity contribution in [2.45, 2.75) is 127 Å². The van der Waals surface area contributed by atoms with E-state index >= 15 is 0 Å². The lowest BCUT2D eigenvalue weighted by Crippen LogP contribution is -2.59. The van der Waals surface area contributed by atoms with Crippen molar-refractivity contribution in [2.24, 2.45) is 5.11 Å². The molecule has 0 radical (unpaired) electrons. The molecule has 1 fully saturated rings. The summed E-state index contributed by atoms with van der Waals surface area (Å²) in [6, 6.07) is -0.967. The summed E-state index contributed by atoms with van der Waals surface area (Å²) in [6.45, 7) is 1.38. The summed E-state index contributed by atoms with van der Waals surface area (Å²) in [5.74, 6) is 0. The molecular formula is C24H45N3O7. The van der Waals surface area contributed by atoms with Crippen LogP contribution in [0.4, 0.5) is 0 Å². The van der Waals surface area contributed by atoms with Gasteiger partial charge in [0.1, 0.15) is 24.4 Å². The van der Waals surface area contributed by atoms with Gasteiger partial charge in [0.15, 0.2) is 6.29 Å². The van der Waals surface area contributed by atoms with E-state index in [0.717, 1.165) is 19.3 Å². The quantitative estimate of drug-likeness (QED) is 0.0613. The molecule has 0 aliphatic carbocycles. The van der Waals surface area contributed by atoms with Gasteiger partial charge in [-0.2, -0.15) is 0 Å². The van der Waals surface area contributed by atoms with Gasteiger partial charge in [0, 0.05) is 4.91 Å². The maximum atomic E-state index is 10.3. The number of hydrogen-bond donors (Lipinski definition) is 5. The van der Waals surface area contributed by atoms with E-state index in [1.807, 2.05) is 6.08 Å². The zero-order valence-corrected chi connectivity index (χ0v) is 20.5. The molecule has 34 heavy (non-hydrogen) atoms. The first-order valence-corrected chi connectivity index (χ1v) is 12.8. The molecule has 0 saturated carbocycles. The van der Waals surface area contributed by atoms with Crippen LogP contribution in [0.2, 0.25) is 0 Å². The molecular weight excluding hydrogens is 442 g/mol. The van der Waals surface area contributed by atoms with Gasteiger partial charge in [0.2, 0.25) is 0 Å². The Bertz CT molecular complexity index is 587. The number of unbranched alkanes of at least 4 members (excludes halogenated alkanes) is 11. The van der Waals surface area contributed by atoms with Gasteiger partial charge < -0.3 is 35.0 Å². The molecule has 0 aromatic carbocycles. The largest absolute Gasteiger partial charge is 0.394 e. The predicted octanol–water partition coefficient (Wildman–Crippen LogP) is 3.10. The van der Waals surface area contributed by atoms with Gasteiger partial charge in [0.05, 0.1) is 25.4 Å². The standard InChI is InChI=1S/C24H45N3O7/c1-2-3-4-5-6-7-8-9-10-11-12-13-14-15-19(29)18(26-27-25)17-33-24-23(32)22(31)21(30)20(16-28)34-24/h14-15,18-24,28-32H,2-13,16-17H2,1H3/b15-14+/t18-,19+,20+,21+,22-,23+,24+/m0/s1. The zero-order valence-electron chi connectivity index (χ0n) is 20.5. The second-order valence-corrected chi connectivity index (χ2v) is 9.05. The van der Waals surface area contributed by atoms with E-state index in [9.17, 15) is 25.5 Å². The summed E-state index contributed by atoms with van der Waals surface area (Å²) < 4.78 is 10.6. The summed E-state index contributed by atoms with van der Waals surface area (Å²) in [7, 11) is 0. The minimum absolute atomic E-state index is 0.281. The van der Waals surface area contributed by atoms with E-state index in [4.69, 9.17) is 15.0 Å². The van der Waals surface area contributed by atoms with Crippen LogP contribution in [0, 0.1) is 0 Å². The van der Waals surface area contributed by atoms with Gasteiger partial charge in [-0.15, -0.1) is 0 Å². The first-order valence-electron chi connectivity index (χ1n) is 12.8. The molecule has 0 aromatic rings. The molecule has 198 valence electrons. The smallest absolute Gasteiger partial charge is 0.186 e. The molecule has 0 bridgehead atoms. The zero-order chi connectivity index (χ0) is 25.2. The van der Waals surface area contributed by atoms with E-state index in [1.165, 1.54) is 57.8 Å². The van der Waals surface area contributed by atoms with Crippen molar-refractivity contribution >= 4 is 0 Å². The van der Waals surface area contributed by atoms with E-state index in [1.54, 1.807) is 6.08 Å². The Balaban J connectivity index is 2.26. The van der Waals surface area contributed by atoms with Crippen molar-refractivity contribution in [3.05, 3.63) is 22.6 Å². The lowest BCUT2D eigenvalue weighted by molar-refractivity contribution is -0.302. The van der Waals surface area contributed by atoms with Crippen LogP contribution in [0.15, 0.2) is 17.3 Å². The van der Waals surface area contributed by atoms with Crippen molar-refractivity contribution < 1.29 is 35.0 Å². The Morgan fingerprint density at radius 1 is 0.941 bits per heavy atom. The predicted molar refractivity (Wildman–Crippen MR) is 129 cm³/mol. The number of allylic oxidation sites excluding steroid dienone is 1. The maximum Gasteiger partial charge on any atom is 0.186 e. The first kappa shape index (κ1) is 30.8. The van der Waals surface area contributed by atoms with Crippen molar-refractivity contribution in [2.75, 3.05) is 13.2 Å². The molecule has 1 aliphatic rings. The SMILES string of the molecule is CCCCCCCCCCCCC/C=C/[C@@H](O)[C@H](CO[C@@H]1O[C@H](CO)[C@@H](O)[C@H](O)[C@H]1O)N=[N+]=[N-]. The topological polar surface area (TPSA) is 168 Å².